The Balaban J connectivity index is 3.86. The molecule has 8 nitrogen and oxygen atoms in total. The number of carbonyl (C=O) groups is 2. The maximum atomic E-state index is 11.3. The summed E-state index contributed by atoms with van der Waals surface area (Å²) in [6.07, 6.45) is -1.21. The highest BCUT2D eigenvalue weighted by Crippen LogP contribution is 2.04. The largest absolute Gasteiger partial charge is 0.444 e. The van der Waals surface area contributed by atoms with Crippen molar-refractivity contribution in [2.75, 3.05) is 33.5 Å². The lowest BCUT2D eigenvalue weighted by Crippen LogP contribution is -2.34. The minimum absolute atomic E-state index is 0.0399. The monoisotopic (exact) mass is 293 g/mol. The van der Waals surface area contributed by atoms with Crippen LogP contribution in [0.2, 0.25) is 0 Å². The van der Waals surface area contributed by atoms with E-state index in [9.17, 15) is 9.59 Å². The summed E-state index contributed by atoms with van der Waals surface area (Å²) in [7, 11) is 1.40. The van der Waals surface area contributed by atoms with E-state index in [4.69, 9.17) is 24.4 Å². The van der Waals surface area contributed by atoms with Gasteiger partial charge in [-0.2, -0.15) is 0 Å². The molecular formula is C12H23NO7. The van der Waals surface area contributed by atoms with Crippen LogP contribution in [-0.2, 0) is 19.0 Å². The van der Waals surface area contributed by atoms with Crippen molar-refractivity contribution >= 4 is 11.9 Å². The fourth-order valence-corrected chi connectivity index (χ4v) is 1.22. The third-order valence-corrected chi connectivity index (χ3v) is 2.47. The Bertz CT molecular complexity index is 281. The predicted octanol–water partition coefficient (Wildman–Crippen LogP) is -0.576. The van der Waals surface area contributed by atoms with Gasteiger partial charge >= 0.3 is 6.09 Å². The van der Waals surface area contributed by atoms with Crippen LogP contribution in [0.3, 0.4) is 0 Å². The molecule has 0 aromatic rings. The molecule has 2 unspecified atom stereocenters. The molecule has 0 radical (unpaired) electrons. The second-order valence-corrected chi connectivity index (χ2v) is 3.99. The maximum Gasteiger partial charge on any atom is 0.407 e. The lowest BCUT2D eigenvalue weighted by molar-refractivity contribution is -0.181. The van der Waals surface area contributed by atoms with Gasteiger partial charge in [0.05, 0.1) is 12.7 Å². The van der Waals surface area contributed by atoms with Crippen molar-refractivity contribution in [3.05, 3.63) is 0 Å². The number of rotatable bonds is 11. The zero-order chi connectivity index (χ0) is 15.4. The fourth-order valence-electron chi connectivity index (χ4n) is 1.22. The molecule has 0 aromatic carbocycles. The van der Waals surface area contributed by atoms with Crippen LogP contribution in [0.15, 0.2) is 0 Å². The Morgan fingerprint density at radius 3 is 2.50 bits per heavy atom. The second-order valence-electron chi connectivity index (χ2n) is 3.99. The van der Waals surface area contributed by atoms with Crippen LogP contribution in [0, 0.1) is 0 Å². The molecule has 1 amide bonds. The third-order valence-electron chi connectivity index (χ3n) is 2.47. The fraction of sp³-hybridized carbons (Fsp3) is 0.833. The van der Waals surface area contributed by atoms with E-state index >= 15 is 0 Å². The van der Waals surface area contributed by atoms with Crippen molar-refractivity contribution in [1.82, 2.24) is 5.32 Å². The molecule has 0 rings (SSSR count). The van der Waals surface area contributed by atoms with Crippen LogP contribution in [0.25, 0.3) is 0 Å². The summed E-state index contributed by atoms with van der Waals surface area (Å²) in [5.74, 6) is -0.364. The summed E-state index contributed by atoms with van der Waals surface area (Å²) in [6.45, 7) is 1.11. The van der Waals surface area contributed by atoms with Crippen molar-refractivity contribution in [3.8, 4) is 0 Å². The number of aliphatic hydroxyl groups excluding tert-OH is 2. The first-order valence-corrected chi connectivity index (χ1v) is 6.39. The Kier molecular flexibility index (Phi) is 10.9. The predicted molar refractivity (Wildman–Crippen MR) is 69.1 cm³/mol. The van der Waals surface area contributed by atoms with Gasteiger partial charge in [0.2, 0.25) is 0 Å². The molecule has 0 saturated heterocycles. The van der Waals surface area contributed by atoms with Gasteiger partial charge in [-0.15, -0.1) is 0 Å². The molecule has 0 aliphatic rings. The van der Waals surface area contributed by atoms with E-state index in [2.05, 4.69) is 5.32 Å². The van der Waals surface area contributed by atoms with Crippen LogP contribution >= 0.6 is 0 Å². The van der Waals surface area contributed by atoms with E-state index < -0.39 is 19.0 Å². The van der Waals surface area contributed by atoms with Gasteiger partial charge in [0.25, 0.3) is 0 Å². The summed E-state index contributed by atoms with van der Waals surface area (Å²) in [5.41, 5.74) is 0. The number of ketones is 1. The lowest BCUT2D eigenvalue weighted by Gasteiger charge is -2.21. The molecule has 0 saturated carbocycles. The van der Waals surface area contributed by atoms with E-state index in [1.165, 1.54) is 7.11 Å². The van der Waals surface area contributed by atoms with Crippen LogP contribution in [0.1, 0.15) is 19.8 Å². The van der Waals surface area contributed by atoms with Gasteiger partial charge in [0.15, 0.2) is 12.1 Å². The molecule has 0 aromatic heterocycles. The summed E-state index contributed by atoms with van der Waals surface area (Å²) in [5, 5.41) is 19.8. The molecular weight excluding hydrogens is 270 g/mol. The first-order valence-electron chi connectivity index (χ1n) is 6.39. The van der Waals surface area contributed by atoms with Crippen LogP contribution in [0.5, 0.6) is 0 Å². The van der Waals surface area contributed by atoms with Gasteiger partial charge in [-0.05, 0) is 6.42 Å². The number of methoxy groups -OCH3 is 1. The third kappa shape index (κ3) is 8.81. The van der Waals surface area contributed by atoms with Crippen LogP contribution in [-0.4, -0.2) is 68.0 Å². The minimum atomic E-state index is -0.767. The number of aliphatic hydroxyl groups is 2. The molecule has 0 aliphatic carbocycles. The minimum Gasteiger partial charge on any atom is -0.444 e. The van der Waals surface area contributed by atoms with Crippen LogP contribution in [0.4, 0.5) is 4.79 Å². The molecule has 118 valence electrons. The topological polar surface area (TPSA) is 114 Å². The number of ether oxygens (including phenoxy) is 3. The second kappa shape index (κ2) is 11.6. The zero-order valence-electron chi connectivity index (χ0n) is 11.8. The van der Waals surface area contributed by atoms with Gasteiger partial charge in [-0.3, -0.25) is 4.79 Å². The lowest BCUT2D eigenvalue weighted by atomic mass is 10.3. The van der Waals surface area contributed by atoms with Crippen LogP contribution < -0.4 is 5.32 Å². The average Bonchev–Trinajstić information content (AvgIpc) is 2.47. The Labute approximate surface area is 118 Å². The molecule has 0 heterocycles. The number of Topliss-reactive ketones (excluding diaryl/α,β-unsaturated/α-hetero) is 1. The van der Waals surface area contributed by atoms with Gasteiger partial charge in [-0.25, -0.2) is 4.79 Å². The van der Waals surface area contributed by atoms with Crippen molar-refractivity contribution in [2.45, 2.75) is 32.2 Å². The number of nitrogens with one attached hydrogen (secondary N) is 1. The summed E-state index contributed by atoms with van der Waals surface area (Å²) >= 11 is 0. The smallest absolute Gasteiger partial charge is 0.407 e. The highest BCUT2D eigenvalue weighted by atomic mass is 16.7. The van der Waals surface area contributed by atoms with Crippen molar-refractivity contribution < 1.29 is 34.0 Å². The molecule has 0 spiro atoms. The number of carbonyl (C=O) groups excluding carboxylic acids is 2. The summed E-state index contributed by atoms with van der Waals surface area (Å²) < 4.78 is 15.2. The average molecular weight is 293 g/mol. The normalized spacial score (nSPS) is 13.6. The molecule has 0 bridgehead atoms. The van der Waals surface area contributed by atoms with E-state index in [0.29, 0.717) is 6.42 Å². The highest BCUT2D eigenvalue weighted by molar-refractivity contribution is 5.80. The SMILES string of the molecule is CCC(CO)OC(COC(=O)NCCC(=O)CO)OC. The number of alkyl carbamates (subject to hydrolysis) is 1. The zero-order valence-corrected chi connectivity index (χ0v) is 11.8. The van der Waals surface area contributed by atoms with Gasteiger partial charge in [0.1, 0.15) is 13.2 Å². The Hall–Kier alpha value is -1.22. The molecule has 3 N–H and O–H groups in total. The molecule has 2 atom stereocenters. The summed E-state index contributed by atoms with van der Waals surface area (Å²) in [6, 6.07) is 0. The number of hydrogen-bond donors (Lipinski definition) is 3. The Morgan fingerprint density at radius 2 is 2.00 bits per heavy atom. The molecule has 0 aliphatic heterocycles. The molecule has 8 heteroatoms. The van der Waals surface area contributed by atoms with Crippen molar-refractivity contribution in [3.63, 3.8) is 0 Å². The summed E-state index contributed by atoms with van der Waals surface area (Å²) in [4.78, 5) is 22.1. The molecule has 0 fully saturated rings. The quantitative estimate of drug-likeness (QED) is 0.437. The number of amides is 1. The van der Waals surface area contributed by atoms with Gasteiger partial charge in [0, 0.05) is 20.1 Å². The Morgan fingerprint density at radius 1 is 1.30 bits per heavy atom. The van der Waals surface area contributed by atoms with E-state index in [-0.39, 0.29) is 38.1 Å². The van der Waals surface area contributed by atoms with E-state index in [1.54, 1.807) is 0 Å². The maximum absolute atomic E-state index is 11.3. The number of hydrogen-bond acceptors (Lipinski definition) is 7. The van der Waals surface area contributed by atoms with E-state index in [0.717, 1.165) is 0 Å². The molecule has 20 heavy (non-hydrogen) atoms. The first kappa shape index (κ1) is 18.8. The van der Waals surface area contributed by atoms with Crippen molar-refractivity contribution in [1.29, 1.82) is 0 Å². The van der Waals surface area contributed by atoms with E-state index in [1.807, 2.05) is 6.92 Å². The van der Waals surface area contributed by atoms with Gasteiger partial charge in [-0.1, -0.05) is 6.92 Å². The van der Waals surface area contributed by atoms with Gasteiger partial charge < -0.3 is 29.7 Å². The standard InChI is InChI=1S/C12H23NO7/c1-3-10(7-15)20-11(18-2)8-19-12(17)13-5-4-9(16)6-14/h10-11,14-15H,3-8H2,1-2H3,(H,13,17). The first-order chi connectivity index (χ1) is 9.57. The highest BCUT2D eigenvalue weighted by Gasteiger charge is 2.16. The van der Waals surface area contributed by atoms with Crippen molar-refractivity contribution in [2.24, 2.45) is 0 Å².